The lowest BCUT2D eigenvalue weighted by molar-refractivity contribution is -0.130. The summed E-state index contributed by atoms with van der Waals surface area (Å²) in [5, 5.41) is 0. The Morgan fingerprint density at radius 2 is 1.77 bits per heavy atom. The second kappa shape index (κ2) is 7.98. The summed E-state index contributed by atoms with van der Waals surface area (Å²) in [5.41, 5.74) is 2.45. The smallest absolute Gasteiger partial charge is 0.268 e. The van der Waals surface area contributed by atoms with Gasteiger partial charge in [-0.15, -0.1) is 0 Å². The number of nitrogens with zero attached hydrogens (tertiary/aromatic N) is 3. The number of pyridine rings is 1. The molecule has 4 rings (SSSR count). The molecule has 1 aromatic heterocycles. The lowest BCUT2D eigenvalue weighted by atomic mass is 9.85. The van der Waals surface area contributed by atoms with Crippen LogP contribution in [0.1, 0.15) is 66.9 Å². The van der Waals surface area contributed by atoms with Crippen molar-refractivity contribution < 1.29 is 9.59 Å². The SMILES string of the molecule is Cc1ccn(-c2cccc(C(C)C)c2)c(=O)c1C(=O)N1CCC2(CCC(=O)N2C)CC1. The molecule has 1 aromatic carbocycles. The lowest BCUT2D eigenvalue weighted by Gasteiger charge is -2.43. The molecule has 0 unspecified atom stereocenters. The Morgan fingerprint density at radius 3 is 2.39 bits per heavy atom. The van der Waals surface area contributed by atoms with Gasteiger partial charge in [-0.2, -0.15) is 0 Å². The minimum absolute atomic E-state index is 0.128. The number of aromatic nitrogens is 1. The van der Waals surface area contributed by atoms with Crippen LogP contribution >= 0.6 is 0 Å². The van der Waals surface area contributed by atoms with Crippen LogP contribution in [0.15, 0.2) is 41.3 Å². The van der Waals surface area contributed by atoms with Gasteiger partial charge in [0.15, 0.2) is 0 Å². The Hall–Kier alpha value is -2.89. The van der Waals surface area contributed by atoms with Crippen LogP contribution < -0.4 is 5.56 Å². The maximum absolute atomic E-state index is 13.4. The Morgan fingerprint density at radius 1 is 1.06 bits per heavy atom. The summed E-state index contributed by atoms with van der Waals surface area (Å²) in [7, 11) is 1.87. The van der Waals surface area contributed by atoms with Gasteiger partial charge >= 0.3 is 0 Å². The van der Waals surface area contributed by atoms with Crippen molar-refractivity contribution in [2.45, 2.75) is 57.9 Å². The van der Waals surface area contributed by atoms with E-state index >= 15 is 0 Å². The van der Waals surface area contributed by atoms with Crippen molar-refractivity contribution in [3.05, 3.63) is 63.6 Å². The molecule has 31 heavy (non-hydrogen) atoms. The van der Waals surface area contributed by atoms with Crippen molar-refractivity contribution >= 4 is 11.8 Å². The number of hydrogen-bond donors (Lipinski definition) is 0. The van der Waals surface area contributed by atoms with Crippen LogP contribution in [0.2, 0.25) is 0 Å². The molecule has 0 radical (unpaired) electrons. The van der Waals surface area contributed by atoms with Gasteiger partial charge in [-0.3, -0.25) is 19.0 Å². The Bertz CT molecular complexity index is 1080. The molecule has 0 bridgehead atoms. The zero-order valence-corrected chi connectivity index (χ0v) is 18.9. The van der Waals surface area contributed by atoms with Crippen molar-refractivity contribution in [3.63, 3.8) is 0 Å². The topological polar surface area (TPSA) is 62.6 Å². The molecule has 0 atom stereocenters. The number of likely N-dealkylation sites (tertiary alicyclic amines) is 2. The van der Waals surface area contributed by atoms with Gasteiger partial charge in [-0.25, -0.2) is 0 Å². The van der Waals surface area contributed by atoms with E-state index in [4.69, 9.17) is 0 Å². The van der Waals surface area contributed by atoms with Gasteiger partial charge in [0.05, 0.1) is 0 Å². The summed E-state index contributed by atoms with van der Waals surface area (Å²) < 4.78 is 1.57. The summed E-state index contributed by atoms with van der Waals surface area (Å²) >= 11 is 0. The highest BCUT2D eigenvalue weighted by molar-refractivity contribution is 5.95. The highest BCUT2D eigenvalue weighted by Crippen LogP contribution is 2.38. The molecule has 1 spiro atoms. The average Bonchev–Trinajstić information content (AvgIpc) is 3.03. The van der Waals surface area contributed by atoms with Crippen LogP contribution in [0.5, 0.6) is 0 Å². The predicted molar refractivity (Wildman–Crippen MR) is 121 cm³/mol. The van der Waals surface area contributed by atoms with Crippen LogP contribution in [0.3, 0.4) is 0 Å². The second-order valence-electron chi connectivity index (χ2n) is 9.27. The third kappa shape index (κ3) is 3.68. The van der Waals surface area contributed by atoms with Crippen LogP contribution in [-0.2, 0) is 4.79 Å². The van der Waals surface area contributed by atoms with E-state index in [1.54, 1.807) is 15.7 Å². The number of piperidine rings is 1. The van der Waals surface area contributed by atoms with Gasteiger partial charge in [0.2, 0.25) is 5.91 Å². The standard InChI is InChI=1S/C25H31N3O3/c1-17(2)19-6-5-7-20(16-19)28-13-9-18(3)22(24(28)31)23(30)27-14-11-25(12-15-27)10-8-21(29)26(25)4/h5-7,9,13,16-17H,8,10-12,14-15H2,1-4H3. The van der Waals surface area contributed by atoms with Gasteiger partial charge in [0.1, 0.15) is 5.56 Å². The van der Waals surface area contributed by atoms with Gasteiger partial charge in [-0.05, 0) is 61.4 Å². The molecule has 2 amide bonds. The van der Waals surface area contributed by atoms with E-state index in [-0.39, 0.29) is 28.5 Å². The Labute approximate surface area is 183 Å². The van der Waals surface area contributed by atoms with Crippen LogP contribution in [-0.4, -0.2) is 51.9 Å². The van der Waals surface area contributed by atoms with Crippen LogP contribution in [0, 0.1) is 6.92 Å². The molecule has 0 aliphatic carbocycles. The summed E-state index contributed by atoms with van der Waals surface area (Å²) in [5.74, 6) is 0.326. The van der Waals surface area contributed by atoms with E-state index in [1.165, 1.54) is 0 Å². The first kappa shape index (κ1) is 21.3. The number of amides is 2. The fourth-order valence-corrected chi connectivity index (χ4v) is 4.93. The molecule has 6 heteroatoms. The number of hydrogen-bond acceptors (Lipinski definition) is 3. The molecule has 2 fully saturated rings. The third-order valence-corrected chi connectivity index (χ3v) is 7.20. The van der Waals surface area contributed by atoms with Gasteiger partial charge in [0, 0.05) is 44.0 Å². The van der Waals surface area contributed by atoms with Gasteiger partial charge in [0.25, 0.3) is 11.5 Å². The normalized spacial score (nSPS) is 18.3. The molecule has 2 saturated heterocycles. The third-order valence-electron chi connectivity index (χ3n) is 7.20. The van der Waals surface area contributed by atoms with E-state index in [1.807, 2.05) is 49.2 Å². The Balaban J connectivity index is 1.61. The number of carbonyl (C=O) groups excluding carboxylic acids is 2. The molecule has 2 aromatic rings. The number of aryl methyl sites for hydroxylation is 1. The van der Waals surface area contributed by atoms with Gasteiger partial charge < -0.3 is 9.80 Å². The number of carbonyl (C=O) groups is 2. The second-order valence-corrected chi connectivity index (χ2v) is 9.27. The first-order chi connectivity index (χ1) is 14.7. The molecule has 6 nitrogen and oxygen atoms in total. The maximum atomic E-state index is 13.4. The van der Waals surface area contributed by atoms with Crippen molar-refractivity contribution in [3.8, 4) is 5.69 Å². The van der Waals surface area contributed by atoms with Crippen LogP contribution in [0.4, 0.5) is 0 Å². The van der Waals surface area contributed by atoms with Crippen LogP contribution in [0.25, 0.3) is 5.69 Å². The van der Waals surface area contributed by atoms with Crippen molar-refractivity contribution in [2.75, 3.05) is 20.1 Å². The molecule has 3 heterocycles. The maximum Gasteiger partial charge on any atom is 0.268 e. The van der Waals surface area contributed by atoms with E-state index in [0.29, 0.717) is 31.0 Å². The quantitative estimate of drug-likeness (QED) is 0.762. The van der Waals surface area contributed by atoms with E-state index < -0.39 is 0 Å². The summed E-state index contributed by atoms with van der Waals surface area (Å²) in [6, 6.07) is 9.74. The summed E-state index contributed by atoms with van der Waals surface area (Å²) in [6.45, 7) is 7.17. The number of benzene rings is 1. The Kier molecular flexibility index (Phi) is 5.50. The largest absolute Gasteiger partial charge is 0.340 e. The number of rotatable bonds is 3. The fraction of sp³-hybridized carbons (Fsp3) is 0.480. The summed E-state index contributed by atoms with van der Waals surface area (Å²) in [6.07, 6.45) is 4.71. The molecule has 164 valence electrons. The van der Waals surface area contributed by atoms with Crippen molar-refractivity contribution in [1.82, 2.24) is 14.4 Å². The first-order valence-electron chi connectivity index (χ1n) is 11.1. The van der Waals surface area contributed by atoms with E-state index in [0.717, 1.165) is 30.5 Å². The lowest BCUT2D eigenvalue weighted by Crippen LogP contribution is -2.53. The van der Waals surface area contributed by atoms with E-state index in [9.17, 15) is 14.4 Å². The molecule has 0 N–H and O–H groups in total. The zero-order valence-electron chi connectivity index (χ0n) is 18.9. The monoisotopic (exact) mass is 421 g/mol. The zero-order chi connectivity index (χ0) is 22.3. The van der Waals surface area contributed by atoms with Crippen molar-refractivity contribution in [1.29, 1.82) is 0 Å². The molecular formula is C25H31N3O3. The highest BCUT2D eigenvalue weighted by atomic mass is 16.2. The minimum Gasteiger partial charge on any atom is -0.340 e. The molecule has 0 saturated carbocycles. The predicted octanol–water partition coefficient (Wildman–Crippen LogP) is 3.50. The highest BCUT2D eigenvalue weighted by Gasteiger charge is 2.45. The van der Waals surface area contributed by atoms with Crippen molar-refractivity contribution in [2.24, 2.45) is 0 Å². The fourth-order valence-electron chi connectivity index (χ4n) is 4.93. The average molecular weight is 422 g/mol. The summed E-state index contributed by atoms with van der Waals surface area (Å²) in [4.78, 5) is 42.4. The molecular weight excluding hydrogens is 390 g/mol. The minimum atomic E-state index is -0.278. The molecule has 2 aliphatic heterocycles. The van der Waals surface area contributed by atoms with E-state index in [2.05, 4.69) is 13.8 Å². The first-order valence-corrected chi connectivity index (χ1v) is 11.1. The van der Waals surface area contributed by atoms with Gasteiger partial charge in [-0.1, -0.05) is 26.0 Å². The molecule has 2 aliphatic rings.